The highest BCUT2D eigenvalue weighted by Gasteiger charge is 2.28. The van der Waals surface area contributed by atoms with Crippen LogP contribution in [-0.4, -0.2) is 30.0 Å². The standard InChI is InChI=1S/C21H21Cl2N3O2/c22-16-9-7-14(12-17(16)23)8-10-20(27)24-13-15-4-3-11-26(15)21-25-18-5-1-2-6-19(18)28-21/h1-2,5-7,9,12,15H,3-4,8,10-11,13H2,(H,24,27)/t15-/m1/s1. The van der Waals surface area contributed by atoms with Crippen molar-refractivity contribution in [1.29, 1.82) is 0 Å². The van der Waals surface area contributed by atoms with Gasteiger partial charge in [-0.25, -0.2) is 0 Å². The van der Waals surface area contributed by atoms with E-state index >= 15 is 0 Å². The number of aromatic nitrogens is 1. The van der Waals surface area contributed by atoms with E-state index < -0.39 is 0 Å². The molecule has 0 spiro atoms. The lowest BCUT2D eigenvalue weighted by Gasteiger charge is -2.23. The van der Waals surface area contributed by atoms with Crippen molar-refractivity contribution in [3.05, 3.63) is 58.1 Å². The lowest BCUT2D eigenvalue weighted by Crippen LogP contribution is -2.40. The molecule has 7 heteroatoms. The van der Waals surface area contributed by atoms with E-state index in [4.69, 9.17) is 27.6 Å². The van der Waals surface area contributed by atoms with Gasteiger partial charge < -0.3 is 14.6 Å². The number of fused-ring (bicyclic) bond motifs is 1. The molecule has 4 rings (SSSR count). The number of nitrogens with zero attached hydrogens (tertiary/aromatic N) is 2. The van der Waals surface area contributed by atoms with Crippen LogP contribution in [0.15, 0.2) is 46.9 Å². The van der Waals surface area contributed by atoms with Crippen molar-refractivity contribution in [3.8, 4) is 0 Å². The van der Waals surface area contributed by atoms with E-state index in [-0.39, 0.29) is 11.9 Å². The molecule has 0 unspecified atom stereocenters. The van der Waals surface area contributed by atoms with Crippen molar-refractivity contribution in [2.24, 2.45) is 0 Å². The van der Waals surface area contributed by atoms with Gasteiger partial charge in [-0.2, -0.15) is 4.98 Å². The van der Waals surface area contributed by atoms with Gasteiger partial charge in [-0.05, 0) is 49.1 Å². The van der Waals surface area contributed by atoms with Gasteiger partial charge >= 0.3 is 0 Å². The fraction of sp³-hybridized carbons (Fsp3) is 0.333. The number of carbonyl (C=O) groups excluding carboxylic acids is 1. The monoisotopic (exact) mass is 417 g/mol. The van der Waals surface area contributed by atoms with E-state index in [1.165, 1.54) is 0 Å². The van der Waals surface area contributed by atoms with Crippen LogP contribution < -0.4 is 10.2 Å². The third-order valence-corrected chi connectivity index (χ3v) is 5.80. The Bertz CT molecular complexity index is 956. The molecule has 146 valence electrons. The Hall–Kier alpha value is -2.24. The van der Waals surface area contributed by atoms with Crippen LogP contribution in [0.25, 0.3) is 11.1 Å². The fourth-order valence-electron chi connectivity index (χ4n) is 3.56. The van der Waals surface area contributed by atoms with Crippen molar-refractivity contribution in [1.82, 2.24) is 10.3 Å². The highest BCUT2D eigenvalue weighted by Crippen LogP contribution is 2.28. The number of para-hydroxylation sites is 2. The Balaban J connectivity index is 1.31. The number of hydrogen-bond acceptors (Lipinski definition) is 4. The summed E-state index contributed by atoms with van der Waals surface area (Å²) in [7, 11) is 0. The number of aryl methyl sites for hydroxylation is 1. The van der Waals surface area contributed by atoms with Crippen molar-refractivity contribution >= 4 is 46.2 Å². The van der Waals surface area contributed by atoms with E-state index in [0.717, 1.165) is 36.0 Å². The van der Waals surface area contributed by atoms with Crippen molar-refractivity contribution < 1.29 is 9.21 Å². The molecular weight excluding hydrogens is 397 g/mol. The summed E-state index contributed by atoms with van der Waals surface area (Å²) in [5, 5.41) is 4.08. The van der Waals surface area contributed by atoms with E-state index in [0.29, 0.717) is 35.4 Å². The second-order valence-electron chi connectivity index (χ2n) is 7.01. The van der Waals surface area contributed by atoms with Crippen LogP contribution in [0.1, 0.15) is 24.8 Å². The fourth-order valence-corrected chi connectivity index (χ4v) is 3.88. The van der Waals surface area contributed by atoms with E-state index in [1.54, 1.807) is 6.07 Å². The van der Waals surface area contributed by atoms with Crippen molar-refractivity contribution in [2.45, 2.75) is 31.7 Å². The molecule has 1 fully saturated rings. The molecule has 1 aliphatic rings. The quantitative estimate of drug-likeness (QED) is 0.622. The summed E-state index contributed by atoms with van der Waals surface area (Å²) in [5.41, 5.74) is 2.64. The zero-order valence-electron chi connectivity index (χ0n) is 15.3. The topological polar surface area (TPSA) is 58.4 Å². The van der Waals surface area contributed by atoms with Crippen LogP contribution in [0.4, 0.5) is 6.01 Å². The molecule has 2 aromatic carbocycles. The first-order chi connectivity index (χ1) is 13.6. The number of oxazole rings is 1. The molecule has 0 bridgehead atoms. The highest BCUT2D eigenvalue weighted by molar-refractivity contribution is 6.42. The summed E-state index contributed by atoms with van der Waals surface area (Å²) in [6.07, 6.45) is 3.10. The van der Waals surface area contributed by atoms with Gasteiger partial charge in [0, 0.05) is 19.5 Å². The molecule has 1 N–H and O–H groups in total. The third-order valence-electron chi connectivity index (χ3n) is 5.07. The average Bonchev–Trinajstić information content (AvgIpc) is 3.33. The summed E-state index contributed by atoms with van der Waals surface area (Å²) >= 11 is 12.0. The number of benzene rings is 2. The normalized spacial score (nSPS) is 16.6. The molecule has 1 amide bonds. The molecule has 28 heavy (non-hydrogen) atoms. The van der Waals surface area contributed by atoms with E-state index in [2.05, 4.69) is 15.2 Å². The Morgan fingerprint density at radius 2 is 2.07 bits per heavy atom. The summed E-state index contributed by atoms with van der Waals surface area (Å²) in [6, 6.07) is 14.0. The predicted molar refractivity (Wildman–Crippen MR) is 112 cm³/mol. The zero-order chi connectivity index (χ0) is 19.5. The second-order valence-corrected chi connectivity index (χ2v) is 7.82. The zero-order valence-corrected chi connectivity index (χ0v) is 16.8. The van der Waals surface area contributed by atoms with Crippen molar-refractivity contribution in [3.63, 3.8) is 0 Å². The number of amides is 1. The first-order valence-electron chi connectivity index (χ1n) is 9.43. The van der Waals surface area contributed by atoms with Gasteiger partial charge in [-0.3, -0.25) is 4.79 Å². The number of hydrogen-bond donors (Lipinski definition) is 1. The number of anilines is 1. The van der Waals surface area contributed by atoms with E-state index in [9.17, 15) is 4.79 Å². The summed E-state index contributed by atoms with van der Waals surface area (Å²) < 4.78 is 5.89. The smallest absolute Gasteiger partial charge is 0.298 e. The third kappa shape index (κ3) is 4.26. The molecule has 1 saturated heterocycles. The lowest BCUT2D eigenvalue weighted by atomic mass is 10.1. The minimum atomic E-state index is 0.0236. The lowest BCUT2D eigenvalue weighted by molar-refractivity contribution is -0.121. The summed E-state index contributed by atoms with van der Waals surface area (Å²) in [6.45, 7) is 1.47. The first kappa shape index (κ1) is 19.1. The van der Waals surface area contributed by atoms with Gasteiger partial charge in [-0.1, -0.05) is 41.4 Å². The maximum absolute atomic E-state index is 12.3. The van der Waals surface area contributed by atoms with Crippen molar-refractivity contribution in [2.75, 3.05) is 18.0 Å². The van der Waals surface area contributed by atoms with Gasteiger partial charge in [-0.15, -0.1) is 0 Å². The number of halogens is 2. The Kier molecular flexibility index (Phi) is 5.74. The first-order valence-corrected chi connectivity index (χ1v) is 10.2. The van der Waals surface area contributed by atoms with Crippen LogP contribution >= 0.6 is 23.2 Å². The van der Waals surface area contributed by atoms with Gasteiger partial charge in [0.2, 0.25) is 5.91 Å². The molecule has 0 aliphatic carbocycles. The number of nitrogens with one attached hydrogen (secondary N) is 1. The largest absolute Gasteiger partial charge is 0.423 e. The summed E-state index contributed by atoms with van der Waals surface area (Å²) in [5.74, 6) is 0.0236. The Morgan fingerprint density at radius 1 is 1.21 bits per heavy atom. The van der Waals surface area contributed by atoms with Crippen LogP contribution in [-0.2, 0) is 11.2 Å². The van der Waals surface area contributed by atoms with Crippen LogP contribution in [0.5, 0.6) is 0 Å². The number of carbonyl (C=O) groups is 1. The maximum Gasteiger partial charge on any atom is 0.298 e. The van der Waals surface area contributed by atoms with Gasteiger partial charge in [0.05, 0.1) is 16.1 Å². The molecule has 3 aromatic rings. The van der Waals surface area contributed by atoms with Crippen LogP contribution in [0.2, 0.25) is 10.0 Å². The molecule has 1 aliphatic heterocycles. The molecule has 1 atom stereocenters. The molecule has 0 saturated carbocycles. The maximum atomic E-state index is 12.3. The average molecular weight is 418 g/mol. The summed E-state index contributed by atoms with van der Waals surface area (Å²) in [4.78, 5) is 19.0. The SMILES string of the molecule is O=C(CCc1ccc(Cl)c(Cl)c1)NC[C@H]1CCCN1c1nc2ccccc2o1. The Morgan fingerprint density at radius 3 is 2.89 bits per heavy atom. The highest BCUT2D eigenvalue weighted by atomic mass is 35.5. The van der Waals surface area contributed by atoms with Gasteiger partial charge in [0.15, 0.2) is 5.58 Å². The molecule has 2 heterocycles. The molecule has 5 nitrogen and oxygen atoms in total. The predicted octanol–water partition coefficient (Wildman–Crippen LogP) is 4.85. The molecular formula is C21H21Cl2N3O2. The van der Waals surface area contributed by atoms with Crippen LogP contribution in [0.3, 0.4) is 0 Å². The Labute approximate surface area is 173 Å². The molecule has 0 radical (unpaired) electrons. The van der Waals surface area contributed by atoms with Gasteiger partial charge in [0.25, 0.3) is 6.01 Å². The van der Waals surface area contributed by atoms with Crippen LogP contribution in [0, 0.1) is 0 Å². The van der Waals surface area contributed by atoms with E-state index in [1.807, 2.05) is 36.4 Å². The second kappa shape index (κ2) is 8.41. The minimum Gasteiger partial charge on any atom is -0.423 e. The minimum absolute atomic E-state index is 0.0236. The van der Waals surface area contributed by atoms with Gasteiger partial charge in [0.1, 0.15) is 5.52 Å². The number of rotatable bonds is 6. The molecule has 1 aromatic heterocycles.